The minimum atomic E-state index is 0.154. The molecule has 0 aromatic heterocycles. The van der Waals surface area contributed by atoms with E-state index in [-0.39, 0.29) is 5.54 Å². The highest BCUT2D eigenvalue weighted by Crippen LogP contribution is 2.28. The van der Waals surface area contributed by atoms with Crippen LogP contribution < -0.4 is 10.2 Å². The van der Waals surface area contributed by atoms with Gasteiger partial charge in [-0.05, 0) is 43.5 Å². The molecule has 1 fully saturated rings. The van der Waals surface area contributed by atoms with Gasteiger partial charge in [-0.3, -0.25) is 0 Å². The third kappa shape index (κ3) is 3.48. The molecule has 0 radical (unpaired) electrons. The van der Waals surface area contributed by atoms with Crippen molar-refractivity contribution < 1.29 is 0 Å². The van der Waals surface area contributed by atoms with Crippen LogP contribution in [0.3, 0.4) is 0 Å². The fourth-order valence-corrected chi connectivity index (χ4v) is 2.74. The van der Waals surface area contributed by atoms with Crippen molar-refractivity contribution >= 4 is 21.6 Å². The molecular weight excluding hydrogens is 288 g/mol. The summed E-state index contributed by atoms with van der Waals surface area (Å²) in [4.78, 5) is 2.49. The Balaban J connectivity index is 2.26. The molecule has 0 amide bonds. The summed E-state index contributed by atoms with van der Waals surface area (Å²) in [6.07, 6.45) is 0. The Morgan fingerprint density at radius 1 is 1.06 bits per heavy atom. The predicted octanol–water partition coefficient (Wildman–Crippen LogP) is 3.66. The Bertz CT molecular complexity index is 391. The van der Waals surface area contributed by atoms with E-state index < -0.39 is 0 Å². The van der Waals surface area contributed by atoms with E-state index in [1.54, 1.807) is 0 Å². The topological polar surface area (TPSA) is 15.3 Å². The second kappa shape index (κ2) is 4.86. The van der Waals surface area contributed by atoms with Gasteiger partial charge in [0.1, 0.15) is 0 Å². The molecule has 1 N–H and O–H groups in total. The van der Waals surface area contributed by atoms with Crippen molar-refractivity contribution in [1.82, 2.24) is 5.32 Å². The zero-order valence-corrected chi connectivity index (χ0v) is 13.3. The van der Waals surface area contributed by atoms with Gasteiger partial charge in [0.05, 0.1) is 0 Å². The maximum absolute atomic E-state index is 3.67. The molecule has 100 valence electrons. The lowest BCUT2D eigenvalue weighted by Crippen LogP contribution is -2.46. The SMILES string of the molecule is CC1(C)CNC(C)(C)CN(c2ccc(Br)cc2)C1. The second-order valence-electron chi connectivity index (χ2n) is 6.73. The van der Waals surface area contributed by atoms with E-state index in [4.69, 9.17) is 0 Å². The van der Waals surface area contributed by atoms with Crippen LogP contribution in [-0.4, -0.2) is 25.2 Å². The fraction of sp³-hybridized carbons (Fsp3) is 0.600. The van der Waals surface area contributed by atoms with E-state index in [0.717, 1.165) is 24.1 Å². The molecule has 0 unspecified atom stereocenters. The van der Waals surface area contributed by atoms with Crippen LogP contribution in [0.2, 0.25) is 0 Å². The highest BCUT2D eigenvalue weighted by Gasteiger charge is 2.32. The maximum atomic E-state index is 3.67. The van der Waals surface area contributed by atoms with Crippen LogP contribution in [0.25, 0.3) is 0 Å². The summed E-state index contributed by atoms with van der Waals surface area (Å²) in [7, 11) is 0. The molecule has 1 aliphatic rings. The van der Waals surface area contributed by atoms with Crippen LogP contribution >= 0.6 is 15.9 Å². The molecule has 1 aromatic carbocycles. The zero-order chi connectivity index (χ0) is 13.4. The van der Waals surface area contributed by atoms with Crippen molar-refractivity contribution in [3.63, 3.8) is 0 Å². The standard InChI is InChI=1S/C15H23BrN2/c1-14(2)9-17-15(3,4)11-18(10-14)13-7-5-12(16)6-8-13/h5-8,17H,9-11H2,1-4H3. The summed E-state index contributed by atoms with van der Waals surface area (Å²) in [6, 6.07) is 8.63. The van der Waals surface area contributed by atoms with Crippen molar-refractivity contribution in [2.75, 3.05) is 24.5 Å². The Labute approximate surface area is 119 Å². The van der Waals surface area contributed by atoms with Crippen LogP contribution in [0.5, 0.6) is 0 Å². The molecule has 18 heavy (non-hydrogen) atoms. The van der Waals surface area contributed by atoms with Gasteiger partial charge >= 0.3 is 0 Å². The molecule has 1 heterocycles. The third-order valence-electron chi connectivity index (χ3n) is 3.44. The molecule has 0 spiro atoms. The average Bonchev–Trinajstić information content (AvgIpc) is 2.36. The third-order valence-corrected chi connectivity index (χ3v) is 3.97. The Kier molecular flexibility index (Phi) is 3.75. The second-order valence-corrected chi connectivity index (χ2v) is 7.65. The Morgan fingerprint density at radius 3 is 2.28 bits per heavy atom. The minimum absolute atomic E-state index is 0.154. The van der Waals surface area contributed by atoms with Gasteiger partial charge in [-0.15, -0.1) is 0 Å². The lowest BCUT2D eigenvalue weighted by atomic mass is 9.93. The Morgan fingerprint density at radius 2 is 1.67 bits per heavy atom. The van der Waals surface area contributed by atoms with Crippen molar-refractivity contribution in [2.24, 2.45) is 5.41 Å². The normalized spacial score (nSPS) is 22.6. The molecule has 0 aliphatic carbocycles. The van der Waals surface area contributed by atoms with E-state index in [1.165, 1.54) is 5.69 Å². The molecule has 0 atom stereocenters. The highest BCUT2D eigenvalue weighted by atomic mass is 79.9. The lowest BCUT2D eigenvalue weighted by Gasteiger charge is -2.33. The molecular formula is C15H23BrN2. The first-order valence-corrected chi connectivity index (χ1v) is 7.32. The monoisotopic (exact) mass is 310 g/mol. The molecule has 2 rings (SSSR count). The van der Waals surface area contributed by atoms with Crippen LogP contribution in [0.1, 0.15) is 27.7 Å². The largest absolute Gasteiger partial charge is 0.369 e. The van der Waals surface area contributed by atoms with Crippen LogP contribution in [0, 0.1) is 5.41 Å². The van der Waals surface area contributed by atoms with E-state index in [2.05, 4.69) is 78.1 Å². The number of nitrogens with zero attached hydrogens (tertiary/aromatic N) is 1. The first kappa shape index (κ1) is 13.9. The van der Waals surface area contributed by atoms with Crippen LogP contribution in [-0.2, 0) is 0 Å². The summed E-state index contributed by atoms with van der Waals surface area (Å²) in [5.41, 5.74) is 1.75. The number of halogens is 1. The fourth-order valence-electron chi connectivity index (χ4n) is 2.47. The zero-order valence-electron chi connectivity index (χ0n) is 11.8. The van der Waals surface area contributed by atoms with E-state index in [1.807, 2.05) is 0 Å². The number of hydrogen-bond donors (Lipinski definition) is 1. The summed E-state index contributed by atoms with van der Waals surface area (Å²) in [5, 5.41) is 3.67. The number of benzene rings is 1. The van der Waals surface area contributed by atoms with Crippen molar-refractivity contribution in [3.8, 4) is 0 Å². The molecule has 1 aromatic rings. The first-order chi connectivity index (χ1) is 8.27. The van der Waals surface area contributed by atoms with E-state index >= 15 is 0 Å². The van der Waals surface area contributed by atoms with Gasteiger partial charge in [-0.25, -0.2) is 0 Å². The quantitative estimate of drug-likeness (QED) is 0.851. The number of nitrogens with one attached hydrogen (secondary N) is 1. The molecule has 0 bridgehead atoms. The van der Waals surface area contributed by atoms with Gasteiger partial charge in [0.15, 0.2) is 0 Å². The maximum Gasteiger partial charge on any atom is 0.0367 e. The highest BCUT2D eigenvalue weighted by molar-refractivity contribution is 9.10. The van der Waals surface area contributed by atoms with E-state index in [9.17, 15) is 0 Å². The Hall–Kier alpha value is -0.540. The molecule has 1 saturated heterocycles. The summed E-state index contributed by atoms with van der Waals surface area (Å²) >= 11 is 3.50. The van der Waals surface area contributed by atoms with Gasteiger partial charge in [0.25, 0.3) is 0 Å². The van der Waals surface area contributed by atoms with Crippen molar-refractivity contribution in [2.45, 2.75) is 33.2 Å². The molecule has 1 aliphatic heterocycles. The number of hydrogen-bond acceptors (Lipinski definition) is 2. The first-order valence-electron chi connectivity index (χ1n) is 6.53. The molecule has 3 heteroatoms. The lowest BCUT2D eigenvalue weighted by molar-refractivity contribution is 0.332. The summed E-state index contributed by atoms with van der Waals surface area (Å²) < 4.78 is 1.14. The van der Waals surface area contributed by atoms with Crippen molar-refractivity contribution in [1.29, 1.82) is 0 Å². The summed E-state index contributed by atoms with van der Waals surface area (Å²) in [5.74, 6) is 0. The van der Waals surface area contributed by atoms with Gasteiger partial charge in [0, 0.05) is 35.3 Å². The number of anilines is 1. The minimum Gasteiger partial charge on any atom is -0.369 e. The number of rotatable bonds is 1. The van der Waals surface area contributed by atoms with Crippen LogP contribution in [0.4, 0.5) is 5.69 Å². The average molecular weight is 311 g/mol. The molecule has 0 saturated carbocycles. The van der Waals surface area contributed by atoms with Crippen LogP contribution in [0.15, 0.2) is 28.7 Å². The predicted molar refractivity (Wildman–Crippen MR) is 82.2 cm³/mol. The van der Waals surface area contributed by atoms with Gasteiger partial charge in [-0.1, -0.05) is 29.8 Å². The van der Waals surface area contributed by atoms with Gasteiger partial charge < -0.3 is 10.2 Å². The van der Waals surface area contributed by atoms with Gasteiger partial charge in [-0.2, -0.15) is 0 Å². The van der Waals surface area contributed by atoms with E-state index in [0.29, 0.717) is 5.41 Å². The smallest absolute Gasteiger partial charge is 0.0367 e. The van der Waals surface area contributed by atoms with Crippen molar-refractivity contribution in [3.05, 3.63) is 28.7 Å². The summed E-state index contributed by atoms with van der Waals surface area (Å²) in [6.45, 7) is 12.4. The van der Waals surface area contributed by atoms with Gasteiger partial charge in [0.2, 0.25) is 0 Å². The molecule has 2 nitrogen and oxygen atoms in total.